The summed E-state index contributed by atoms with van der Waals surface area (Å²) in [6.45, 7) is 0. The molecule has 112 valence electrons. The van der Waals surface area contributed by atoms with E-state index in [2.05, 4.69) is 26.2 Å². The maximum absolute atomic E-state index is 14.0. The zero-order valence-electron chi connectivity index (χ0n) is 11.7. The Morgan fingerprint density at radius 3 is 2.71 bits per heavy atom. The smallest absolute Gasteiger partial charge is 0.143 e. The maximum Gasteiger partial charge on any atom is 0.143 e. The molecule has 0 spiro atoms. The van der Waals surface area contributed by atoms with E-state index >= 15 is 0 Å². The summed E-state index contributed by atoms with van der Waals surface area (Å²) in [5.41, 5.74) is 1.10. The van der Waals surface area contributed by atoms with Crippen molar-refractivity contribution in [2.24, 2.45) is 0 Å². The molecule has 5 heteroatoms. The number of hydrogen-bond acceptors (Lipinski definition) is 2. The van der Waals surface area contributed by atoms with Gasteiger partial charge in [0.2, 0.25) is 0 Å². The number of rotatable bonds is 6. The zero-order valence-corrected chi connectivity index (χ0v) is 13.3. The highest BCUT2D eigenvalue weighted by Gasteiger charge is 2.17. The van der Waals surface area contributed by atoms with Gasteiger partial charge in [-0.15, -0.1) is 0 Å². The number of halogens is 3. The first-order chi connectivity index (χ1) is 10.1. The van der Waals surface area contributed by atoms with Gasteiger partial charge in [0.25, 0.3) is 0 Å². The summed E-state index contributed by atoms with van der Waals surface area (Å²) >= 11 is 3.10. The molecule has 21 heavy (non-hydrogen) atoms. The summed E-state index contributed by atoms with van der Waals surface area (Å²) < 4.78 is 28.1. The molecule has 1 atom stereocenters. The van der Waals surface area contributed by atoms with Gasteiger partial charge in [-0.1, -0.05) is 6.07 Å². The van der Waals surface area contributed by atoms with Gasteiger partial charge in [-0.2, -0.15) is 0 Å². The van der Waals surface area contributed by atoms with Crippen molar-refractivity contribution in [3.63, 3.8) is 0 Å². The average molecular weight is 355 g/mol. The Kier molecular flexibility index (Phi) is 5.82. The van der Waals surface area contributed by atoms with Crippen molar-refractivity contribution >= 4 is 15.9 Å². The molecule has 0 aliphatic rings. The number of nitrogens with one attached hydrogen (secondary N) is 1. The van der Waals surface area contributed by atoms with Crippen molar-refractivity contribution in [2.45, 2.75) is 25.3 Å². The van der Waals surface area contributed by atoms with Gasteiger partial charge in [-0.25, -0.2) is 8.78 Å². The molecule has 1 aromatic heterocycles. The van der Waals surface area contributed by atoms with E-state index < -0.39 is 11.6 Å². The number of pyridine rings is 1. The van der Waals surface area contributed by atoms with E-state index in [0.29, 0.717) is 10.9 Å². The van der Waals surface area contributed by atoms with Crippen LogP contribution in [0.1, 0.15) is 17.7 Å². The molecule has 1 N–H and O–H groups in total. The number of aromatic nitrogens is 1. The van der Waals surface area contributed by atoms with Crippen LogP contribution in [0.2, 0.25) is 0 Å². The van der Waals surface area contributed by atoms with Crippen LogP contribution in [0.5, 0.6) is 0 Å². The number of benzene rings is 1. The SMILES string of the molecule is CNC(CCc1ccccn1)Cc1c(F)ccc(Br)c1F. The van der Waals surface area contributed by atoms with Crippen molar-refractivity contribution < 1.29 is 8.78 Å². The van der Waals surface area contributed by atoms with E-state index in [0.717, 1.165) is 18.5 Å². The maximum atomic E-state index is 14.0. The molecule has 0 radical (unpaired) electrons. The highest BCUT2D eigenvalue weighted by Crippen LogP contribution is 2.23. The van der Waals surface area contributed by atoms with E-state index in [1.807, 2.05) is 18.2 Å². The highest BCUT2D eigenvalue weighted by atomic mass is 79.9. The fourth-order valence-corrected chi connectivity index (χ4v) is 2.59. The summed E-state index contributed by atoms with van der Waals surface area (Å²) in [6.07, 6.45) is 3.58. The molecule has 0 aliphatic heterocycles. The first kappa shape index (κ1) is 16.0. The predicted octanol–water partition coefficient (Wildman–Crippen LogP) is 3.89. The van der Waals surface area contributed by atoms with Crippen molar-refractivity contribution in [1.82, 2.24) is 10.3 Å². The molecule has 2 nitrogen and oxygen atoms in total. The lowest BCUT2D eigenvalue weighted by molar-refractivity contribution is 0.480. The van der Waals surface area contributed by atoms with Crippen molar-refractivity contribution in [2.75, 3.05) is 7.05 Å². The van der Waals surface area contributed by atoms with E-state index in [-0.39, 0.29) is 11.6 Å². The molecule has 0 bridgehead atoms. The van der Waals surface area contributed by atoms with Gasteiger partial charge >= 0.3 is 0 Å². The Hall–Kier alpha value is -1.33. The molecule has 0 aliphatic carbocycles. The molecule has 0 amide bonds. The van der Waals surface area contributed by atoms with Crippen LogP contribution >= 0.6 is 15.9 Å². The van der Waals surface area contributed by atoms with E-state index in [9.17, 15) is 8.78 Å². The van der Waals surface area contributed by atoms with Crippen LogP contribution in [0.3, 0.4) is 0 Å². The van der Waals surface area contributed by atoms with Gasteiger partial charge in [-0.3, -0.25) is 4.98 Å². The largest absolute Gasteiger partial charge is 0.317 e. The van der Waals surface area contributed by atoms with Gasteiger partial charge in [0, 0.05) is 23.5 Å². The van der Waals surface area contributed by atoms with Crippen LogP contribution in [-0.2, 0) is 12.8 Å². The van der Waals surface area contributed by atoms with E-state index in [1.165, 1.54) is 12.1 Å². The minimum atomic E-state index is -0.520. The molecule has 1 unspecified atom stereocenters. The fraction of sp³-hybridized carbons (Fsp3) is 0.312. The summed E-state index contributed by atoms with van der Waals surface area (Å²) in [5.74, 6) is -1.03. The second kappa shape index (κ2) is 7.61. The molecule has 0 fully saturated rings. The quantitative estimate of drug-likeness (QED) is 0.796. The van der Waals surface area contributed by atoms with E-state index in [1.54, 1.807) is 13.2 Å². The van der Waals surface area contributed by atoms with Gasteiger partial charge in [0.05, 0.1) is 4.47 Å². The Morgan fingerprint density at radius 1 is 1.24 bits per heavy atom. The fourth-order valence-electron chi connectivity index (χ4n) is 2.22. The summed E-state index contributed by atoms with van der Waals surface area (Å²) in [5, 5.41) is 3.12. The lowest BCUT2D eigenvalue weighted by Gasteiger charge is -2.17. The lowest BCUT2D eigenvalue weighted by Crippen LogP contribution is -2.29. The molecular weight excluding hydrogens is 338 g/mol. The molecule has 0 saturated heterocycles. The monoisotopic (exact) mass is 354 g/mol. The summed E-state index contributed by atoms with van der Waals surface area (Å²) in [4.78, 5) is 4.26. The molecule has 2 aromatic rings. The van der Waals surface area contributed by atoms with Crippen molar-refractivity contribution in [3.8, 4) is 0 Å². The normalized spacial score (nSPS) is 12.4. The van der Waals surface area contributed by atoms with Crippen LogP contribution in [0.4, 0.5) is 8.78 Å². The van der Waals surface area contributed by atoms with Gasteiger partial charge < -0.3 is 5.32 Å². The molecule has 0 saturated carbocycles. The van der Waals surface area contributed by atoms with Gasteiger partial charge in [0.1, 0.15) is 11.6 Å². The third-order valence-corrected chi connectivity index (χ3v) is 4.09. The van der Waals surface area contributed by atoms with Crippen LogP contribution in [0, 0.1) is 11.6 Å². The number of hydrogen-bond donors (Lipinski definition) is 1. The highest BCUT2D eigenvalue weighted by molar-refractivity contribution is 9.10. The Morgan fingerprint density at radius 2 is 2.05 bits per heavy atom. The Balaban J connectivity index is 2.04. The predicted molar refractivity (Wildman–Crippen MR) is 83.2 cm³/mol. The zero-order chi connectivity index (χ0) is 15.2. The Labute approximate surface area is 131 Å². The topological polar surface area (TPSA) is 24.9 Å². The van der Waals surface area contributed by atoms with Gasteiger partial charge in [-0.05, 0) is 66.5 Å². The van der Waals surface area contributed by atoms with Crippen LogP contribution < -0.4 is 5.32 Å². The van der Waals surface area contributed by atoms with Crippen molar-refractivity contribution in [1.29, 1.82) is 0 Å². The standard InChI is InChI=1S/C16H17BrF2N2/c1-20-12(6-5-11-4-2-3-9-21-11)10-13-15(18)8-7-14(17)16(13)19/h2-4,7-9,12,20H,5-6,10H2,1H3. The first-order valence-electron chi connectivity index (χ1n) is 6.81. The van der Waals surface area contributed by atoms with E-state index in [4.69, 9.17) is 0 Å². The molecule has 1 heterocycles. The molecule has 1 aromatic carbocycles. The van der Waals surface area contributed by atoms with Crippen molar-refractivity contribution in [3.05, 3.63) is 63.9 Å². The minimum Gasteiger partial charge on any atom is -0.317 e. The number of likely N-dealkylation sites (N-methyl/N-ethyl adjacent to an activating group) is 1. The molecule has 2 rings (SSSR count). The average Bonchev–Trinajstić information content (AvgIpc) is 2.51. The molecular formula is C16H17BrF2N2. The second-order valence-electron chi connectivity index (χ2n) is 4.87. The second-order valence-corrected chi connectivity index (χ2v) is 5.73. The lowest BCUT2D eigenvalue weighted by atomic mass is 10.00. The van der Waals surface area contributed by atoms with Gasteiger partial charge in [0.15, 0.2) is 0 Å². The Bertz CT molecular complexity index is 590. The van der Waals surface area contributed by atoms with Crippen LogP contribution in [0.15, 0.2) is 41.0 Å². The third-order valence-electron chi connectivity index (χ3n) is 3.47. The van der Waals surface area contributed by atoms with Crippen LogP contribution in [0.25, 0.3) is 0 Å². The first-order valence-corrected chi connectivity index (χ1v) is 7.60. The number of aryl methyl sites for hydroxylation is 1. The van der Waals surface area contributed by atoms with Crippen LogP contribution in [-0.4, -0.2) is 18.1 Å². The summed E-state index contributed by atoms with van der Waals surface area (Å²) in [7, 11) is 1.80. The number of nitrogens with zero attached hydrogens (tertiary/aromatic N) is 1. The summed E-state index contributed by atoms with van der Waals surface area (Å²) in [6, 6.07) is 8.41. The third kappa shape index (κ3) is 4.32. The minimum absolute atomic E-state index is 0.00898.